The lowest BCUT2D eigenvalue weighted by Crippen LogP contribution is -2.25. The average molecular weight is 331 g/mol. The Morgan fingerprint density at radius 1 is 1.04 bits per heavy atom. The van der Waals surface area contributed by atoms with Crippen LogP contribution in [0.2, 0.25) is 5.02 Å². The second-order valence-electron chi connectivity index (χ2n) is 5.38. The van der Waals surface area contributed by atoms with E-state index in [1.807, 2.05) is 18.2 Å². The maximum atomic E-state index is 12.0. The lowest BCUT2D eigenvalue weighted by molar-refractivity contribution is -0.120. The van der Waals surface area contributed by atoms with Crippen LogP contribution in [0.25, 0.3) is 0 Å². The molecule has 0 atom stereocenters. The largest absolute Gasteiger partial charge is 0.372 e. The van der Waals surface area contributed by atoms with Gasteiger partial charge in [-0.15, -0.1) is 0 Å². The predicted octanol–water partition coefficient (Wildman–Crippen LogP) is 4.05. The maximum Gasteiger partial charge on any atom is 0.224 e. The molecule has 0 radical (unpaired) electrons. The number of nitrogens with zero attached hydrogens (tertiary/aromatic N) is 1. The first-order chi connectivity index (χ1) is 11.1. The molecular formula is C19H23ClN2O. The molecule has 2 aromatic carbocycles. The summed E-state index contributed by atoms with van der Waals surface area (Å²) in [5, 5.41) is 3.57. The SMILES string of the molecule is CCN(CC)c1ccc(CNC(=O)Cc2ccccc2Cl)cc1. The number of amides is 1. The number of benzene rings is 2. The van der Waals surface area contributed by atoms with Crippen molar-refractivity contribution in [2.24, 2.45) is 0 Å². The van der Waals surface area contributed by atoms with Crippen molar-refractivity contribution in [1.82, 2.24) is 5.32 Å². The van der Waals surface area contributed by atoms with Crippen LogP contribution in [0.3, 0.4) is 0 Å². The number of hydrogen-bond donors (Lipinski definition) is 1. The summed E-state index contributed by atoms with van der Waals surface area (Å²) in [5.41, 5.74) is 3.15. The molecule has 0 fully saturated rings. The Hall–Kier alpha value is -2.00. The number of hydrogen-bond acceptors (Lipinski definition) is 2. The van der Waals surface area contributed by atoms with Gasteiger partial charge in [-0.25, -0.2) is 0 Å². The lowest BCUT2D eigenvalue weighted by atomic mass is 10.1. The number of halogens is 1. The van der Waals surface area contributed by atoms with E-state index in [4.69, 9.17) is 11.6 Å². The van der Waals surface area contributed by atoms with Gasteiger partial charge in [0, 0.05) is 30.3 Å². The summed E-state index contributed by atoms with van der Waals surface area (Å²) in [6.07, 6.45) is 0.303. The summed E-state index contributed by atoms with van der Waals surface area (Å²) in [5.74, 6) is -0.0223. The van der Waals surface area contributed by atoms with E-state index in [9.17, 15) is 4.79 Å². The van der Waals surface area contributed by atoms with Crippen LogP contribution in [-0.4, -0.2) is 19.0 Å². The molecular weight excluding hydrogens is 308 g/mol. The molecule has 2 rings (SSSR count). The van der Waals surface area contributed by atoms with Crippen molar-refractivity contribution in [2.75, 3.05) is 18.0 Å². The van der Waals surface area contributed by atoms with Crippen LogP contribution in [0, 0.1) is 0 Å². The van der Waals surface area contributed by atoms with Crippen molar-refractivity contribution < 1.29 is 4.79 Å². The summed E-state index contributed by atoms with van der Waals surface area (Å²) >= 11 is 6.08. The Balaban J connectivity index is 1.88. The highest BCUT2D eigenvalue weighted by Gasteiger charge is 2.07. The zero-order valence-electron chi connectivity index (χ0n) is 13.7. The third-order valence-electron chi connectivity index (χ3n) is 3.86. The third kappa shape index (κ3) is 5.00. The molecule has 2 aromatic rings. The minimum atomic E-state index is -0.0223. The Bertz CT molecular complexity index is 636. The van der Waals surface area contributed by atoms with Crippen LogP contribution >= 0.6 is 11.6 Å². The monoisotopic (exact) mass is 330 g/mol. The van der Waals surface area contributed by atoms with E-state index in [-0.39, 0.29) is 5.91 Å². The van der Waals surface area contributed by atoms with Gasteiger partial charge < -0.3 is 10.2 Å². The van der Waals surface area contributed by atoms with Gasteiger partial charge in [-0.2, -0.15) is 0 Å². The molecule has 0 saturated carbocycles. The molecule has 3 nitrogen and oxygen atoms in total. The number of carbonyl (C=O) groups excluding carboxylic acids is 1. The average Bonchev–Trinajstić information content (AvgIpc) is 2.57. The van der Waals surface area contributed by atoms with Crippen LogP contribution < -0.4 is 10.2 Å². The van der Waals surface area contributed by atoms with Crippen LogP contribution in [-0.2, 0) is 17.8 Å². The van der Waals surface area contributed by atoms with Crippen molar-refractivity contribution in [1.29, 1.82) is 0 Å². The van der Waals surface area contributed by atoms with Crippen molar-refractivity contribution in [3.8, 4) is 0 Å². The Morgan fingerprint density at radius 2 is 1.70 bits per heavy atom. The highest BCUT2D eigenvalue weighted by atomic mass is 35.5. The molecule has 0 saturated heterocycles. The van der Waals surface area contributed by atoms with E-state index < -0.39 is 0 Å². The van der Waals surface area contributed by atoms with Gasteiger partial charge in [0.1, 0.15) is 0 Å². The molecule has 0 spiro atoms. The molecule has 0 heterocycles. The molecule has 4 heteroatoms. The van der Waals surface area contributed by atoms with Crippen molar-refractivity contribution >= 4 is 23.2 Å². The van der Waals surface area contributed by atoms with Gasteiger partial charge >= 0.3 is 0 Å². The first-order valence-electron chi connectivity index (χ1n) is 7.98. The minimum Gasteiger partial charge on any atom is -0.372 e. The summed E-state index contributed by atoms with van der Waals surface area (Å²) < 4.78 is 0. The first-order valence-corrected chi connectivity index (χ1v) is 8.35. The Kier molecular flexibility index (Phi) is 6.48. The number of rotatable bonds is 7. The highest BCUT2D eigenvalue weighted by Crippen LogP contribution is 2.16. The predicted molar refractivity (Wildman–Crippen MR) is 97.0 cm³/mol. The van der Waals surface area contributed by atoms with Crippen LogP contribution in [0.5, 0.6) is 0 Å². The maximum absolute atomic E-state index is 12.0. The quantitative estimate of drug-likeness (QED) is 0.830. The zero-order chi connectivity index (χ0) is 16.7. The fourth-order valence-corrected chi connectivity index (χ4v) is 2.69. The molecule has 0 unspecified atom stereocenters. The normalized spacial score (nSPS) is 10.4. The fourth-order valence-electron chi connectivity index (χ4n) is 2.49. The van der Waals surface area contributed by atoms with Gasteiger partial charge in [0.25, 0.3) is 0 Å². The minimum absolute atomic E-state index is 0.0223. The van der Waals surface area contributed by atoms with Crippen LogP contribution in [0.4, 0.5) is 5.69 Å². The standard InChI is InChI=1S/C19H23ClN2O/c1-3-22(4-2)17-11-9-15(10-12-17)14-21-19(23)13-16-7-5-6-8-18(16)20/h5-12H,3-4,13-14H2,1-2H3,(H,21,23). The van der Waals surface area contributed by atoms with Crippen molar-refractivity contribution in [2.45, 2.75) is 26.8 Å². The lowest BCUT2D eigenvalue weighted by Gasteiger charge is -2.21. The molecule has 23 heavy (non-hydrogen) atoms. The van der Waals surface area contributed by atoms with Gasteiger partial charge in [0.15, 0.2) is 0 Å². The Morgan fingerprint density at radius 3 is 2.30 bits per heavy atom. The molecule has 122 valence electrons. The molecule has 0 aromatic heterocycles. The zero-order valence-corrected chi connectivity index (χ0v) is 14.4. The van der Waals surface area contributed by atoms with Gasteiger partial charge in [0.2, 0.25) is 5.91 Å². The molecule has 1 N–H and O–H groups in total. The summed E-state index contributed by atoms with van der Waals surface area (Å²) in [4.78, 5) is 14.3. The summed E-state index contributed by atoms with van der Waals surface area (Å²) in [6, 6.07) is 15.7. The van der Waals surface area contributed by atoms with Gasteiger partial charge in [0.05, 0.1) is 6.42 Å². The Labute approximate surface area is 143 Å². The van der Waals surface area contributed by atoms with Crippen LogP contribution in [0.15, 0.2) is 48.5 Å². The van der Waals surface area contributed by atoms with E-state index in [0.29, 0.717) is 18.0 Å². The molecule has 0 aliphatic heterocycles. The third-order valence-corrected chi connectivity index (χ3v) is 4.23. The van der Waals surface area contributed by atoms with E-state index in [0.717, 1.165) is 24.2 Å². The van der Waals surface area contributed by atoms with Crippen molar-refractivity contribution in [3.63, 3.8) is 0 Å². The van der Waals surface area contributed by atoms with Gasteiger partial charge in [-0.05, 0) is 43.2 Å². The van der Waals surface area contributed by atoms with E-state index in [2.05, 4.69) is 48.3 Å². The fraction of sp³-hybridized carbons (Fsp3) is 0.316. The smallest absolute Gasteiger partial charge is 0.224 e. The second kappa shape index (κ2) is 8.59. The summed E-state index contributed by atoms with van der Waals surface area (Å²) in [7, 11) is 0. The van der Waals surface area contributed by atoms with Crippen LogP contribution in [0.1, 0.15) is 25.0 Å². The second-order valence-corrected chi connectivity index (χ2v) is 5.79. The summed E-state index contributed by atoms with van der Waals surface area (Å²) in [6.45, 7) is 6.80. The number of nitrogens with one attached hydrogen (secondary N) is 1. The highest BCUT2D eigenvalue weighted by molar-refractivity contribution is 6.31. The molecule has 0 aliphatic carbocycles. The van der Waals surface area contributed by atoms with Crippen molar-refractivity contribution in [3.05, 3.63) is 64.7 Å². The topological polar surface area (TPSA) is 32.3 Å². The van der Waals surface area contributed by atoms with E-state index in [1.165, 1.54) is 5.69 Å². The molecule has 0 aliphatic rings. The molecule has 1 amide bonds. The number of carbonyl (C=O) groups is 1. The van der Waals surface area contributed by atoms with Gasteiger partial charge in [-0.3, -0.25) is 4.79 Å². The van der Waals surface area contributed by atoms with E-state index >= 15 is 0 Å². The number of anilines is 1. The van der Waals surface area contributed by atoms with Gasteiger partial charge in [-0.1, -0.05) is 41.9 Å². The first kappa shape index (κ1) is 17.4. The van der Waals surface area contributed by atoms with E-state index in [1.54, 1.807) is 6.07 Å². The molecule has 0 bridgehead atoms.